The van der Waals surface area contributed by atoms with E-state index in [0.29, 0.717) is 24.4 Å². The normalized spacial score (nSPS) is 11.1. The number of ether oxygens (including phenoxy) is 1. The highest BCUT2D eigenvalue weighted by Crippen LogP contribution is 2.27. The molecule has 0 aromatic heterocycles. The highest BCUT2D eigenvalue weighted by molar-refractivity contribution is 9.10. The van der Waals surface area contributed by atoms with Gasteiger partial charge in [0.25, 0.3) is 0 Å². The van der Waals surface area contributed by atoms with Crippen LogP contribution < -0.4 is 15.4 Å². The Hall–Kier alpha value is -1.27. The van der Waals surface area contributed by atoms with Gasteiger partial charge in [-0.25, -0.2) is 4.79 Å². The summed E-state index contributed by atoms with van der Waals surface area (Å²) in [5, 5.41) is 14.5. The van der Waals surface area contributed by atoms with Gasteiger partial charge in [0.1, 0.15) is 5.75 Å². The van der Waals surface area contributed by atoms with E-state index >= 15 is 0 Å². The largest absolute Gasteiger partial charge is 0.495 e. The van der Waals surface area contributed by atoms with Crippen molar-refractivity contribution in [3.63, 3.8) is 0 Å². The molecule has 0 radical (unpaired) electrons. The summed E-state index contributed by atoms with van der Waals surface area (Å²) in [7, 11) is 1.55. The average molecular weight is 345 g/mol. The lowest BCUT2D eigenvalue weighted by Crippen LogP contribution is -2.37. The zero-order valence-electron chi connectivity index (χ0n) is 12.0. The Morgan fingerprint density at radius 3 is 2.75 bits per heavy atom. The van der Waals surface area contributed by atoms with Crippen molar-refractivity contribution >= 4 is 27.6 Å². The smallest absolute Gasteiger partial charge is 0.319 e. The number of carbonyl (C=O) groups is 1. The molecule has 0 heterocycles. The molecule has 0 unspecified atom stereocenters. The van der Waals surface area contributed by atoms with Crippen molar-refractivity contribution in [3.8, 4) is 5.75 Å². The maximum atomic E-state index is 11.9. The summed E-state index contributed by atoms with van der Waals surface area (Å²) in [6.07, 6.45) is 0.632. The number of amides is 2. The standard InChI is InChI=1S/C14H21BrN2O3/c1-14(2,6-7-18)9-16-13(19)17-11-8-10(15)4-5-12(11)20-3/h4-5,8,18H,6-7,9H2,1-3H3,(H2,16,17,19). The van der Waals surface area contributed by atoms with Gasteiger partial charge in [-0.3, -0.25) is 0 Å². The highest BCUT2D eigenvalue weighted by atomic mass is 79.9. The molecule has 0 fully saturated rings. The second-order valence-electron chi connectivity index (χ2n) is 5.29. The van der Waals surface area contributed by atoms with Crippen LogP contribution in [0.1, 0.15) is 20.3 Å². The van der Waals surface area contributed by atoms with Crippen LogP contribution >= 0.6 is 15.9 Å². The molecule has 1 aromatic rings. The van der Waals surface area contributed by atoms with Crippen molar-refractivity contribution in [3.05, 3.63) is 22.7 Å². The van der Waals surface area contributed by atoms with Crippen LogP contribution in [-0.4, -0.2) is 31.4 Å². The molecule has 1 aromatic carbocycles. The summed E-state index contributed by atoms with van der Waals surface area (Å²) in [6, 6.07) is 5.09. The summed E-state index contributed by atoms with van der Waals surface area (Å²) >= 11 is 3.35. The predicted molar refractivity (Wildman–Crippen MR) is 83.2 cm³/mol. The van der Waals surface area contributed by atoms with Gasteiger partial charge < -0.3 is 20.5 Å². The summed E-state index contributed by atoms with van der Waals surface area (Å²) in [5.74, 6) is 0.595. The van der Waals surface area contributed by atoms with Gasteiger partial charge in [-0.15, -0.1) is 0 Å². The van der Waals surface area contributed by atoms with Gasteiger partial charge in [-0.2, -0.15) is 0 Å². The highest BCUT2D eigenvalue weighted by Gasteiger charge is 2.18. The fraction of sp³-hybridized carbons (Fsp3) is 0.500. The number of halogens is 1. The number of nitrogens with one attached hydrogen (secondary N) is 2. The molecule has 0 aliphatic carbocycles. The minimum Gasteiger partial charge on any atom is -0.495 e. The zero-order valence-corrected chi connectivity index (χ0v) is 13.6. The van der Waals surface area contributed by atoms with Gasteiger partial charge in [0, 0.05) is 17.6 Å². The van der Waals surface area contributed by atoms with E-state index in [1.165, 1.54) is 0 Å². The molecule has 112 valence electrons. The number of benzene rings is 1. The van der Waals surface area contributed by atoms with Crippen LogP contribution in [0.4, 0.5) is 10.5 Å². The quantitative estimate of drug-likeness (QED) is 0.742. The molecular formula is C14H21BrN2O3. The Kier molecular flexibility index (Phi) is 6.29. The van der Waals surface area contributed by atoms with Crippen molar-refractivity contribution in [2.45, 2.75) is 20.3 Å². The molecule has 5 nitrogen and oxygen atoms in total. The topological polar surface area (TPSA) is 70.6 Å². The van der Waals surface area contributed by atoms with Crippen molar-refractivity contribution < 1.29 is 14.6 Å². The molecule has 1 rings (SSSR count). The van der Waals surface area contributed by atoms with E-state index in [4.69, 9.17) is 9.84 Å². The third-order valence-corrected chi connectivity index (χ3v) is 3.42. The number of aliphatic hydroxyl groups excluding tert-OH is 1. The van der Waals surface area contributed by atoms with E-state index in [9.17, 15) is 4.79 Å². The first-order valence-electron chi connectivity index (χ1n) is 6.37. The van der Waals surface area contributed by atoms with Crippen molar-refractivity contribution in [2.75, 3.05) is 25.6 Å². The third-order valence-electron chi connectivity index (χ3n) is 2.93. The summed E-state index contributed by atoms with van der Waals surface area (Å²) in [6.45, 7) is 4.57. The maximum Gasteiger partial charge on any atom is 0.319 e. The summed E-state index contributed by atoms with van der Waals surface area (Å²) < 4.78 is 6.04. The molecule has 2 amide bonds. The van der Waals surface area contributed by atoms with E-state index < -0.39 is 0 Å². The lowest BCUT2D eigenvalue weighted by atomic mass is 9.90. The van der Waals surface area contributed by atoms with E-state index in [1.807, 2.05) is 19.9 Å². The Bertz CT molecular complexity index is 464. The second-order valence-corrected chi connectivity index (χ2v) is 6.21. The van der Waals surface area contributed by atoms with Crippen molar-refractivity contribution in [1.82, 2.24) is 5.32 Å². The molecule has 0 atom stereocenters. The van der Waals surface area contributed by atoms with Crippen molar-refractivity contribution in [1.29, 1.82) is 0 Å². The van der Waals surface area contributed by atoms with Crippen LogP contribution in [0.15, 0.2) is 22.7 Å². The third kappa shape index (κ3) is 5.38. The molecular weight excluding hydrogens is 324 g/mol. The Morgan fingerprint density at radius 1 is 1.45 bits per heavy atom. The molecule has 0 spiro atoms. The number of methoxy groups -OCH3 is 1. The molecule has 6 heteroatoms. The lowest BCUT2D eigenvalue weighted by Gasteiger charge is -2.24. The van der Waals surface area contributed by atoms with Gasteiger partial charge >= 0.3 is 6.03 Å². The fourth-order valence-corrected chi connectivity index (χ4v) is 2.02. The molecule has 0 aliphatic heterocycles. The first-order valence-corrected chi connectivity index (χ1v) is 7.16. The first kappa shape index (κ1) is 16.8. The van der Waals surface area contributed by atoms with Gasteiger partial charge in [-0.05, 0) is 30.0 Å². The zero-order chi connectivity index (χ0) is 15.2. The van der Waals surface area contributed by atoms with Crippen LogP contribution in [0.25, 0.3) is 0 Å². The van der Waals surface area contributed by atoms with Crippen molar-refractivity contribution in [2.24, 2.45) is 5.41 Å². The molecule has 0 bridgehead atoms. The molecule has 20 heavy (non-hydrogen) atoms. The summed E-state index contributed by atoms with van der Waals surface area (Å²) in [4.78, 5) is 11.9. The number of hydrogen-bond acceptors (Lipinski definition) is 3. The average Bonchev–Trinajstić information content (AvgIpc) is 2.37. The molecule has 0 saturated carbocycles. The number of hydrogen-bond donors (Lipinski definition) is 3. The maximum absolute atomic E-state index is 11.9. The van der Waals surface area contributed by atoms with E-state index in [0.717, 1.165) is 4.47 Å². The fourth-order valence-electron chi connectivity index (χ4n) is 1.66. The second kappa shape index (κ2) is 7.50. The Labute approximate surface area is 127 Å². The SMILES string of the molecule is COc1ccc(Br)cc1NC(=O)NCC(C)(C)CCO. The lowest BCUT2D eigenvalue weighted by molar-refractivity contribution is 0.204. The van der Waals surface area contributed by atoms with Crippen LogP contribution in [0.5, 0.6) is 5.75 Å². The molecule has 0 saturated heterocycles. The Balaban J connectivity index is 2.61. The number of rotatable bonds is 6. The molecule has 3 N–H and O–H groups in total. The number of anilines is 1. The number of carbonyl (C=O) groups excluding carboxylic acids is 1. The monoisotopic (exact) mass is 344 g/mol. The first-order chi connectivity index (χ1) is 9.38. The van der Waals surface area contributed by atoms with Crippen LogP contribution in [-0.2, 0) is 0 Å². The molecule has 0 aliphatic rings. The van der Waals surface area contributed by atoms with Crippen LogP contribution in [0.3, 0.4) is 0 Å². The summed E-state index contributed by atoms with van der Waals surface area (Å²) in [5.41, 5.74) is 0.451. The van der Waals surface area contributed by atoms with Gasteiger partial charge in [0.05, 0.1) is 12.8 Å². The minimum absolute atomic E-state index is 0.107. The van der Waals surface area contributed by atoms with E-state index in [1.54, 1.807) is 19.2 Å². The number of aliphatic hydroxyl groups is 1. The van der Waals surface area contributed by atoms with E-state index in [2.05, 4.69) is 26.6 Å². The van der Waals surface area contributed by atoms with Gasteiger partial charge in [0.2, 0.25) is 0 Å². The van der Waals surface area contributed by atoms with Gasteiger partial charge in [0.15, 0.2) is 0 Å². The Morgan fingerprint density at radius 2 is 2.15 bits per heavy atom. The predicted octanol–water partition coefficient (Wildman–Crippen LogP) is 2.99. The van der Waals surface area contributed by atoms with Crippen LogP contribution in [0.2, 0.25) is 0 Å². The van der Waals surface area contributed by atoms with Crippen LogP contribution in [0, 0.1) is 5.41 Å². The van der Waals surface area contributed by atoms with Gasteiger partial charge in [-0.1, -0.05) is 29.8 Å². The van der Waals surface area contributed by atoms with E-state index in [-0.39, 0.29) is 18.1 Å². The minimum atomic E-state index is -0.299. The number of urea groups is 1.